The van der Waals surface area contributed by atoms with Crippen molar-refractivity contribution in [2.24, 2.45) is 0 Å². The Hall–Kier alpha value is -0.681. The van der Waals surface area contributed by atoms with E-state index in [1.54, 1.807) is 0 Å². The summed E-state index contributed by atoms with van der Waals surface area (Å²) < 4.78 is 0. The molecule has 1 radical (unpaired) electrons. The monoisotopic (exact) mass is 175 g/mol. The summed E-state index contributed by atoms with van der Waals surface area (Å²) in [4.78, 5) is 8.93. The molecule has 1 rings (SSSR count). The zero-order chi connectivity index (χ0) is 6.95. The van der Waals surface area contributed by atoms with Crippen molar-refractivity contribution in [1.82, 2.24) is 0 Å². The van der Waals surface area contributed by atoms with E-state index in [1.165, 1.54) is 5.94 Å². The third-order valence-electron chi connectivity index (χ3n) is 0.669. The van der Waals surface area contributed by atoms with Gasteiger partial charge in [0.2, 0.25) is 0 Å². The van der Waals surface area contributed by atoms with Crippen LogP contribution in [0.3, 0.4) is 0 Å². The zero-order valence-corrected chi connectivity index (χ0v) is 6.69. The minimum absolute atomic E-state index is 0. The molecule has 0 heterocycles. The summed E-state index contributed by atoms with van der Waals surface area (Å²) in [5.74, 6) is 1.44. The Morgan fingerprint density at radius 3 is 2.40 bits per heavy atom. The summed E-state index contributed by atoms with van der Waals surface area (Å²) in [5.41, 5.74) is 0. The topological polar surface area (TPSA) is 17.1 Å². The van der Waals surface area contributed by atoms with E-state index in [0.29, 0.717) is 0 Å². The van der Waals surface area contributed by atoms with Crippen LogP contribution in [-0.2, 0) is 21.9 Å². The van der Waals surface area contributed by atoms with Gasteiger partial charge in [-0.15, -0.1) is 12.4 Å². The van der Waals surface area contributed by atoms with Crippen LogP contribution >= 0.6 is 0 Å². The molecule has 0 saturated carbocycles. The maximum atomic E-state index is 8.93. The number of hydrogen-bond donors (Lipinski definition) is 0. The molecule has 0 aromatic rings. The number of allylic oxidation sites excluding steroid dienone is 5. The molecule has 0 unspecified atom stereocenters. The van der Waals surface area contributed by atoms with Gasteiger partial charge in [0.05, 0.1) is 0 Å². The van der Waals surface area contributed by atoms with E-state index in [2.05, 4.69) is 19.1 Å². The summed E-state index contributed by atoms with van der Waals surface area (Å²) in [6.45, 7) is 3.06. The van der Waals surface area contributed by atoms with Crippen molar-refractivity contribution in [3.63, 3.8) is 0 Å². The average molecular weight is 175 g/mol. The largest absolute Gasteiger partial charge is 2.00 e. The van der Waals surface area contributed by atoms with Crippen LogP contribution in [0.2, 0.25) is 0 Å². The Morgan fingerprint density at radius 1 is 1.70 bits per heavy atom. The van der Waals surface area contributed by atoms with Crippen molar-refractivity contribution >= 4 is 5.94 Å². The summed E-state index contributed by atoms with van der Waals surface area (Å²) in [5, 5.41) is 0. The predicted octanol–water partition coefficient (Wildman–Crippen LogP) is 1.51. The fourth-order valence-electron chi connectivity index (χ4n) is 0.340. The van der Waals surface area contributed by atoms with Gasteiger partial charge in [0.25, 0.3) is 0 Å². The van der Waals surface area contributed by atoms with Gasteiger partial charge in [-0.25, -0.2) is 19.1 Å². The molecule has 1 aliphatic rings. The SMILES string of the molecule is [C-]1=CC=CC1.[CH2-]C=C=O.[Mn+2]. The molecule has 0 bridgehead atoms. The minimum atomic E-state index is 0. The number of hydrogen-bond acceptors (Lipinski definition) is 1. The van der Waals surface area contributed by atoms with Crippen molar-refractivity contribution < 1.29 is 21.9 Å². The standard InChI is InChI=1S/C5H5.C3H3O.Mn/c1-2-4-5-3-1;1-2-3-4;/h1-3H,4H2;2H,1H2;/q2*-1;+2. The Bertz CT molecular complexity index is 143. The quantitative estimate of drug-likeness (QED) is 0.310. The average Bonchev–Trinajstić information content (AvgIpc) is 2.43. The van der Waals surface area contributed by atoms with E-state index in [4.69, 9.17) is 4.79 Å². The second-order valence-electron chi connectivity index (χ2n) is 1.33. The van der Waals surface area contributed by atoms with Gasteiger partial charge >= 0.3 is 17.1 Å². The predicted molar refractivity (Wildman–Crippen MR) is 37.2 cm³/mol. The molecule has 0 N–H and O–H groups in total. The van der Waals surface area contributed by atoms with Crippen molar-refractivity contribution in [2.75, 3.05) is 0 Å². The van der Waals surface area contributed by atoms with Crippen LogP contribution in [0, 0.1) is 13.0 Å². The molecule has 53 valence electrons. The Labute approximate surface area is 72.0 Å². The number of rotatable bonds is 0. The van der Waals surface area contributed by atoms with Crippen LogP contribution in [-0.4, -0.2) is 5.94 Å². The van der Waals surface area contributed by atoms with E-state index >= 15 is 0 Å². The number of carbonyl (C=O) groups excluding carboxylic acids is 1. The van der Waals surface area contributed by atoms with Gasteiger partial charge in [0.15, 0.2) is 0 Å². The van der Waals surface area contributed by atoms with Gasteiger partial charge in [-0.1, -0.05) is 0 Å². The molecule has 0 atom stereocenters. The third-order valence-corrected chi connectivity index (χ3v) is 0.669. The van der Waals surface area contributed by atoms with Crippen LogP contribution in [0.5, 0.6) is 0 Å². The Balaban J connectivity index is 0. The van der Waals surface area contributed by atoms with Crippen LogP contribution in [0.15, 0.2) is 24.3 Å². The van der Waals surface area contributed by atoms with Crippen LogP contribution in [0.4, 0.5) is 0 Å². The second kappa shape index (κ2) is 11.2. The first-order valence-corrected chi connectivity index (χ1v) is 2.62. The first kappa shape index (κ1) is 12.0. The van der Waals surface area contributed by atoms with E-state index in [-0.39, 0.29) is 17.1 Å². The summed E-state index contributed by atoms with van der Waals surface area (Å²) in [7, 11) is 0. The molecule has 2 heteroatoms. The van der Waals surface area contributed by atoms with E-state index in [9.17, 15) is 0 Å². The van der Waals surface area contributed by atoms with Gasteiger partial charge < -0.3 is 4.79 Å². The third kappa shape index (κ3) is 10.3. The molecule has 1 nitrogen and oxygen atoms in total. The van der Waals surface area contributed by atoms with Crippen LogP contribution in [0.25, 0.3) is 0 Å². The van der Waals surface area contributed by atoms with E-state index < -0.39 is 0 Å². The van der Waals surface area contributed by atoms with Crippen molar-refractivity contribution in [1.29, 1.82) is 0 Å². The normalized spacial score (nSPS) is 10.4. The molecule has 10 heavy (non-hydrogen) atoms. The van der Waals surface area contributed by atoms with Gasteiger partial charge in [0.1, 0.15) is 0 Å². The fourth-order valence-corrected chi connectivity index (χ4v) is 0.340. The van der Waals surface area contributed by atoms with Crippen molar-refractivity contribution in [3.8, 4) is 0 Å². The summed E-state index contributed by atoms with van der Waals surface area (Å²) >= 11 is 0. The van der Waals surface area contributed by atoms with Gasteiger partial charge in [-0.2, -0.15) is 12.2 Å². The molecule has 0 amide bonds. The van der Waals surface area contributed by atoms with Gasteiger partial charge in [-0.05, 0) is 0 Å². The van der Waals surface area contributed by atoms with E-state index in [0.717, 1.165) is 12.5 Å². The first-order chi connectivity index (χ1) is 4.41. The minimum Gasteiger partial charge on any atom is -0.365 e. The fraction of sp³-hybridized carbons (Fsp3) is 0.125. The van der Waals surface area contributed by atoms with Gasteiger partial charge in [0, 0.05) is 0 Å². The summed E-state index contributed by atoms with van der Waals surface area (Å²) in [6.07, 6.45) is 11.1. The molecule has 0 saturated heterocycles. The zero-order valence-electron chi connectivity index (χ0n) is 5.51. The maximum Gasteiger partial charge on any atom is 2.00 e. The van der Waals surface area contributed by atoms with E-state index in [1.807, 2.05) is 12.2 Å². The molecular formula is C8H8MnO. The maximum absolute atomic E-state index is 8.93. The second-order valence-corrected chi connectivity index (χ2v) is 1.33. The molecule has 0 aliphatic heterocycles. The first-order valence-electron chi connectivity index (χ1n) is 2.62. The van der Waals surface area contributed by atoms with Crippen molar-refractivity contribution in [3.05, 3.63) is 37.3 Å². The van der Waals surface area contributed by atoms with Crippen LogP contribution in [0.1, 0.15) is 6.42 Å². The van der Waals surface area contributed by atoms with Gasteiger partial charge in [-0.3, -0.25) is 6.08 Å². The molecule has 0 spiro atoms. The molecule has 0 fully saturated rings. The molecule has 0 aromatic heterocycles. The Morgan fingerprint density at radius 2 is 2.30 bits per heavy atom. The van der Waals surface area contributed by atoms with Crippen molar-refractivity contribution in [2.45, 2.75) is 6.42 Å². The Kier molecular flexibility index (Phi) is 13.4. The molecule has 0 aromatic carbocycles. The smallest absolute Gasteiger partial charge is 0.365 e. The molecular weight excluding hydrogens is 167 g/mol. The summed E-state index contributed by atoms with van der Waals surface area (Å²) in [6, 6.07) is 0. The van der Waals surface area contributed by atoms with Crippen LogP contribution < -0.4 is 0 Å². The molecule has 1 aliphatic carbocycles.